The van der Waals surface area contributed by atoms with Gasteiger partial charge < -0.3 is 19.1 Å². The average molecular weight is 427 g/mol. The number of nitrogens with zero attached hydrogens (tertiary/aromatic N) is 2. The molecule has 2 aromatic carbocycles. The van der Waals surface area contributed by atoms with Crippen molar-refractivity contribution < 1.29 is 23.8 Å². The molecule has 1 saturated heterocycles. The molecule has 1 aliphatic rings. The number of benzene rings is 2. The Morgan fingerprint density at radius 2 is 1.58 bits per heavy atom. The van der Waals surface area contributed by atoms with Gasteiger partial charge in [-0.2, -0.15) is 0 Å². The van der Waals surface area contributed by atoms with E-state index >= 15 is 0 Å². The minimum Gasteiger partial charge on any atom is -0.493 e. The summed E-state index contributed by atoms with van der Waals surface area (Å²) in [5, 5.41) is 0. The molecule has 1 heterocycles. The van der Waals surface area contributed by atoms with Gasteiger partial charge in [0.15, 0.2) is 18.1 Å². The predicted molar refractivity (Wildman–Crippen MR) is 117 cm³/mol. The molecule has 1 fully saturated rings. The number of aryl methyl sites for hydroxylation is 1. The summed E-state index contributed by atoms with van der Waals surface area (Å²) in [6, 6.07) is 15.8. The summed E-state index contributed by atoms with van der Waals surface area (Å²) in [6.45, 7) is 3.60. The third kappa shape index (κ3) is 6.72. The maximum absolute atomic E-state index is 12.4. The van der Waals surface area contributed by atoms with Crippen molar-refractivity contribution in [3.63, 3.8) is 0 Å². The Morgan fingerprint density at radius 3 is 2.26 bits per heavy atom. The number of piperazine rings is 1. The first kappa shape index (κ1) is 22.6. The van der Waals surface area contributed by atoms with E-state index in [2.05, 4.69) is 17.0 Å². The van der Waals surface area contributed by atoms with Crippen LogP contribution < -0.4 is 9.47 Å². The standard InChI is InChI=1S/C24H30N2O5/c1-29-21-10-8-19(16-22(21)30-2)9-11-24(28)31-18-23(27)26-14-12-25(13-15-26)17-20-6-4-3-5-7-20/h3-8,10,16H,9,11-15,17-18H2,1-2H3. The van der Waals surface area contributed by atoms with Crippen molar-refractivity contribution in [2.45, 2.75) is 19.4 Å². The average Bonchev–Trinajstić information content (AvgIpc) is 2.82. The van der Waals surface area contributed by atoms with E-state index in [1.807, 2.05) is 30.3 Å². The largest absolute Gasteiger partial charge is 0.493 e. The van der Waals surface area contributed by atoms with Crippen LogP contribution in [0.2, 0.25) is 0 Å². The Balaban J connectivity index is 1.36. The zero-order valence-electron chi connectivity index (χ0n) is 18.2. The molecule has 166 valence electrons. The number of hydrogen-bond donors (Lipinski definition) is 0. The lowest BCUT2D eigenvalue weighted by Crippen LogP contribution is -2.49. The van der Waals surface area contributed by atoms with E-state index in [0.29, 0.717) is 31.0 Å². The topological polar surface area (TPSA) is 68.3 Å². The summed E-state index contributed by atoms with van der Waals surface area (Å²) in [5.74, 6) is 0.739. The molecule has 0 spiro atoms. The fourth-order valence-electron chi connectivity index (χ4n) is 3.59. The van der Waals surface area contributed by atoms with E-state index in [4.69, 9.17) is 14.2 Å². The smallest absolute Gasteiger partial charge is 0.306 e. The lowest BCUT2D eigenvalue weighted by molar-refractivity contribution is -0.152. The van der Waals surface area contributed by atoms with Gasteiger partial charge in [-0.3, -0.25) is 14.5 Å². The normalized spacial score (nSPS) is 14.2. The number of esters is 1. The number of hydrogen-bond acceptors (Lipinski definition) is 6. The van der Waals surface area contributed by atoms with Crippen LogP contribution >= 0.6 is 0 Å². The monoisotopic (exact) mass is 426 g/mol. The van der Waals surface area contributed by atoms with Crippen molar-refractivity contribution in [2.24, 2.45) is 0 Å². The summed E-state index contributed by atoms with van der Waals surface area (Å²) < 4.78 is 15.7. The Labute approximate surface area is 183 Å². The molecule has 1 aliphatic heterocycles. The molecular weight excluding hydrogens is 396 g/mol. The molecule has 3 rings (SSSR count). The highest BCUT2D eigenvalue weighted by atomic mass is 16.5. The van der Waals surface area contributed by atoms with Gasteiger partial charge in [-0.25, -0.2) is 0 Å². The van der Waals surface area contributed by atoms with Crippen LogP contribution in [0.1, 0.15) is 17.5 Å². The van der Waals surface area contributed by atoms with Crippen molar-refractivity contribution in [2.75, 3.05) is 47.0 Å². The SMILES string of the molecule is COc1ccc(CCC(=O)OCC(=O)N2CCN(Cc3ccccc3)CC2)cc1OC. The molecule has 0 radical (unpaired) electrons. The summed E-state index contributed by atoms with van der Waals surface area (Å²) in [6.07, 6.45) is 0.707. The van der Waals surface area contributed by atoms with Gasteiger partial charge in [0.2, 0.25) is 0 Å². The van der Waals surface area contributed by atoms with Gasteiger partial charge in [0, 0.05) is 39.1 Å². The molecule has 7 heteroatoms. The number of ether oxygens (including phenoxy) is 3. The highest BCUT2D eigenvalue weighted by Crippen LogP contribution is 2.28. The van der Waals surface area contributed by atoms with E-state index in [9.17, 15) is 9.59 Å². The highest BCUT2D eigenvalue weighted by molar-refractivity contribution is 5.80. The molecule has 0 unspecified atom stereocenters. The van der Waals surface area contributed by atoms with Crippen molar-refractivity contribution in [3.8, 4) is 11.5 Å². The van der Waals surface area contributed by atoms with E-state index in [-0.39, 0.29) is 24.9 Å². The third-order valence-electron chi connectivity index (χ3n) is 5.40. The van der Waals surface area contributed by atoms with Crippen LogP contribution in [-0.4, -0.2) is 68.7 Å². The van der Waals surface area contributed by atoms with Crippen molar-refractivity contribution in [3.05, 3.63) is 59.7 Å². The fourth-order valence-corrected chi connectivity index (χ4v) is 3.59. The second-order valence-electron chi connectivity index (χ2n) is 7.49. The summed E-state index contributed by atoms with van der Waals surface area (Å²) in [5.41, 5.74) is 2.21. The number of amides is 1. The van der Waals surface area contributed by atoms with Gasteiger partial charge in [-0.05, 0) is 29.7 Å². The molecule has 0 aromatic heterocycles. The Bertz CT molecular complexity index is 864. The first-order valence-corrected chi connectivity index (χ1v) is 10.5. The summed E-state index contributed by atoms with van der Waals surface area (Å²) in [7, 11) is 3.15. The Hall–Kier alpha value is -3.06. The van der Waals surface area contributed by atoms with E-state index in [0.717, 1.165) is 25.2 Å². The molecule has 0 atom stereocenters. The molecular formula is C24H30N2O5. The second kappa shape index (κ2) is 11.4. The molecule has 0 bridgehead atoms. The van der Waals surface area contributed by atoms with Crippen molar-refractivity contribution in [1.82, 2.24) is 9.80 Å². The minimum atomic E-state index is -0.383. The van der Waals surface area contributed by atoms with Crippen molar-refractivity contribution in [1.29, 1.82) is 0 Å². The van der Waals surface area contributed by atoms with Gasteiger partial charge in [0.25, 0.3) is 5.91 Å². The number of carbonyl (C=O) groups excluding carboxylic acids is 2. The van der Waals surface area contributed by atoms with Crippen molar-refractivity contribution >= 4 is 11.9 Å². The maximum Gasteiger partial charge on any atom is 0.306 e. The van der Waals surface area contributed by atoms with E-state index in [1.54, 1.807) is 25.2 Å². The van der Waals surface area contributed by atoms with Gasteiger partial charge in [0.05, 0.1) is 14.2 Å². The lowest BCUT2D eigenvalue weighted by atomic mass is 10.1. The fraction of sp³-hybridized carbons (Fsp3) is 0.417. The zero-order valence-corrected chi connectivity index (χ0v) is 18.2. The molecule has 2 aromatic rings. The van der Waals surface area contributed by atoms with Crippen LogP contribution in [0.5, 0.6) is 11.5 Å². The lowest BCUT2D eigenvalue weighted by Gasteiger charge is -2.34. The molecule has 31 heavy (non-hydrogen) atoms. The first-order chi connectivity index (χ1) is 15.1. The molecule has 0 aliphatic carbocycles. The third-order valence-corrected chi connectivity index (χ3v) is 5.40. The number of methoxy groups -OCH3 is 2. The van der Waals surface area contributed by atoms with Crippen LogP contribution in [0, 0.1) is 0 Å². The van der Waals surface area contributed by atoms with Gasteiger partial charge >= 0.3 is 5.97 Å². The number of carbonyl (C=O) groups is 2. The zero-order chi connectivity index (χ0) is 22.1. The van der Waals surface area contributed by atoms with Crippen LogP contribution in [-0.2, 0) is 27.3 Å². The van der Waals surface area contributed by atoms with Gasteiger partial charge in [-0.15, -0.1) is 0 Å². The molecule has 0 saturated carbocycles. The second-order valence-corrected chi connectivity index (χ2v) is 7.49. The molecule has 0 N–H and O–H groups in total. The number of rotatable bonds is 9. The maximum atomic E-state index is 12.4. The minimum absolute atomic E-state index is 0.140. The molecule has 1 amide bonds. The quantitative estimate of drug-likeness (QED) is 0.574. The first-order valence-electron chi connectivity index (χ1n) is 10.5. The Morgan fingerprint density at radius 1 is 0.871 bits per heavy atom. The van der Waals surface area contributed by atoms with Crippen LogP contribution in [0.3, 0.4) is 0 Å². The molecule has 7 nitrogen and oxygen atoms in total. The van der Waals surface area contributed by atoms with Crippen LogP contribution in [0.25, 0.3) is 0 Å². The van der Waals surface area contributed by atoms with Crippen LogP contribution in [0.4, 0.5) is 0 Å². The summed E-state index contributed by atoms with van der Waals surface area (Å²) in [4.78, 5) is 28.6. The van der Waals surface area contributed by atoms with Gasteiger partial charge in [-0.1, -0.05) is 36.4 Å². The Kier molecular flexibility index (Phi) is 8.29. The van der Waals surface area contributed by atoms with E-state index in [1.165, 1.54) is 5.56 Å². The van der Waals surface area contributed by atoms with Crippen LogP contribution in [0.15, 0.2) is 48.5 Å². The van der Waals surface area contributed by atoms with Gasteiger partial charge in [0.1, 0.15) is 0 Å². The van der Waals surface area contributed by atoms with E-state index < -0.39 is 0 Å². The highest BCUT2D eigenvalue weighted by Gasteiger charge is 2.22. The predicted octanol–water partition coefficient (Wildman–Crippen LogP) is 2.52. The summed E-state index contributed by atoms with van der Waals surface area (Å²) >= 11 is 0.